The van der Waals surface area contributed by atoms with Crippen molar-refractivity contribution in [3.8, 4) is 0 Å². The lowest BCUT2D eigenvalue weighted by atomic mass is 10.1. The van der Waals surface area contributed by atoms with Gasteiger partial charge in [-0.25, -0.2) is 22.9 Å². The highest BCUT2D eigenvalue weighted by Crippen LogP contribution is 2.30. The summed E-state index contributed by atoms with van der Waals surface area (Å²) in [5.41, 5.74) is 2.85. The molecule has 0 aliphatic carbocycles. The molecular weight excluding hydrogens is 374 g/mol. The van der Waals surface area contributed by atoms with Crippen LogP contribution >= 0.6 is 0 Å². The lowest BCUT2D eigenvalue weighted by Crippen LogP contribution is -2.34. The van der Waals surface area contributed by atoms with E-state index in [1.807, 2.05) is 55.5 Å². The molecule has 0 aliphatic rings. The van der Waals surface area contributed by atoms with Gasteiger partial charge in [0.05, 0.1) is 21.6 Å². The minimum Gasteiger partial charge on any atom is -0.306 e. The number of fused-ring (bicyclic) bond motifs is 2. The number of nitrogens with one attached hydrogen (secondary N) is 2. The van der Waals surface area contributed by atoms with Crippen LogP contribution < -0.4 is 10.0 Å². The molecule has 0 radical (unpaired) electrons. The molecule has 1 heterocycles. The predicted molar refractivity (Wildman–Crippen MR) is 110 cm³/mol. The van der Waals surface area contributed by atoms with Gasteiger partial charge in [0.15, 0.2) is 0 Å². The Kier molecular flexibility index (Phi) is 4.44. The lowest BCUT2D eigenvalue weighted by molar-refractivity contribution is 0.256. The highest BCUT2D eigenvalue weighted by molar-refractivity contribution is 7.90. The molecule has 4 rings (SSSR count). The third-order valence-electron chi connectivity index (χ3n) is 4.38. The van der Waals surface area contributed by atoms with E-state index in [9.17, 15) is 13.2 Å². The molecule has 0 fully saturated rings. The van der Waals surface area contributed by atoms with E-state index in [-0.39, 0.29) is 4.90 Å². The van der Waals surface area contributed by atoms with Crippen molar-refractivity contribution < 1.29 is 13.2 Å². The lowest BCUT2D eigenvalue weighted by Gasteiger charge is -2.13. The highest BCUT2D eigenvalue weighted by atomic mass is 32.2. The van der Waals surface area contributed by atoms with Crippen molar-refractivity contribution in [2.75, 3.05) is 5.32 Å². The summed E-state index contributed by atoms with van der Waals surface area (Å²) in [6, 6.07) is 20.2. The summed E-state index contributed by atoms with van der Waals surface area (Å²) in [5.74, 6) is 0. The first-order valence-electron chi connectivity index (χ1n) is 8.62. The predicted octanol–water partition coefficient (Wildman–Crippen LogP) is 4.21. The number of urea groups is 1. The molecule has 0 spiro atoms. The molecule has 2 amide bonds. The van der Waals surface area contributed by atoms with Gasteiger partial charge in [0.25, 0.3) is 10.0 Å². The van der Waals surface area contributed by atoms with Crippen LogP contribution in [0.3, 0.4) is 0 Å². The van der Waals surface area contributed by atoms with Crippen LogP contribution in [0.2, 0.25) is 0 Å². The zero-order valence-electron chi connectivity index (χ0n) is 15.0. The Bertz CT molecular complexity index is 1250. The van der Waals surface area contributed by atoms with E-state index in [0.29, 0.717) is 16.7 Å². The van der Waals surface area contributed by atoms with Crippen LogP contribution in [0.25, 0.3) is 21.8 Å². The van der Waals surface area contributed by atoms with Gasteiger partial charge in [0.2, 0.25) is 0 Å². The molecule has 0 atom stereocenters. The third kappa shape index (κ3) is 3.39. The number of benzene rings is 3. The van der Waals surface area contributed by atoms with Gasteiger partial charge in [-0.15, -0.1) is 0 Å². The fourth-order valence-electron chi connectivity index (χ4n) is 3.01. The van der Waals surface area contributed by atoms with Crippen molar-refractivity contribution in [1.29, 1.82) is 0 Å². The van der Waals surface area contributed by atoms with Crippen LogP contribution in [0.15, 0.2) is 77.7 Å². The standard InChI is InChI=1S/C21H17N3O3S/c1-14-10-12-15(13-11-14)28(26,27)24-21(25)23-20-16-6-2-4-8-18(16)22-19-9-5-3-7-17(19)20/h2-13H,1H3,(H2,22,23,24,25). The van der Waals surface area contributed by atoms with E-state index in [1.165, 1.54) is 12.1 Å². The number of hydrogen-bond acceptors (Lipinski definition) is 4. The Balaban J connectivity index is 1.71. The van der Waals surface area contributed by atoms with Crippen LogP contribution in [0.1, 0.15) is 5.56 Å². The zero-order chi connectivity index (χ0) is 19.7. The third-order valence-corrected chi connectivity index (χ3v) is 5.73. The van der Waals surface area contributed by atoms with Gasteiger partial charge in [0.1, 0.15) is 0 Å². The number of carbonyl (C=O) groups excluding carboxylic acids is 1. The topological polar surface area (TPSA) is 88.2 Å². The smallest absolute Gasteiger partial charge is 0.306 e. The fourth-order valence-corrected chi connectivity index (χ4v) is 3.92. The molecule has 1 aromatic heterocycles. The maximum atomic E-state index is 12.5. The molecule has 2 N–H and O–H groups in total. The molecule has 4 aromatic rings. The van der Waals surface area contributed by atoms with Crippen LogP contribution in [0.4, 0.5) is 10.5 Å². The van der Waals surface area contributed by atoms with Gasteiger partial charge in [-0.1, -0.05) is 54.1 Å². The number of anilines is 1. The molecule has 140 valence electrons. The first-order chi connectivity index (χ1) is 13.4. The number of amides is 2. The monoisotopic (exact) mass is 391 g/mol. The minimum atomic E-state index is -3.98. The number of sulfonamides is 1. The molecule has 3 aromatic carbocycles. The van der Waals surface area contributed by atoms with Crippen LogP contribution in [-0.4, -0.2) is 19.4 Å². The number of nitrogens with zero attached hydrogens (tertiary/aromatic N) is 1. The van der Waals surface area contributed by atoms with Crippen molar-refractivity contribution in [1.82, 2.24) is 9.71 Å². The van der Waals surface area contributed by atoms with Gasteiger partial charge in [-0.2, -0.15) is 0 Å². The molecule has 6 nitrogen and oxygen atoms in total. The summed E-state index contributed by atoms with van der Waals surface area (Å²) < 4.78 is 27.0. The summed E-state index contributed by atoms with van der Waals surface area (Å²) >= 11 is 0. The number of para-hydroxylation sites is 2. The molecular formula is C21H17N3O3S. The Morgan fingerprint density at radius 3 is 1.93 bits per heavy atom. The summed E-state index contributed by atoms with van der Waals surface area (Å²) in [4.78, 5) is 17.1. The van der Waals surface area contributed by atoms with Gasteiger partial charge in [-0.05, 0) is 31.2 Å². The van der Waals surface area contributed by atoms with Gasteiger partial charge >= 0.3 is 6.03 Å². The van der Waals surface area contributed by atoms with Crippen LogP contribution in [-0.2, 0) is 10.0 Å². The normalized spacial score (nSPS) is 11.5. The largest absolute Gasteiger partial charge is 0.333 e. The highest BCUT2D eigenvalue weighted by Gasteiger charge is 2.19. The molecule has 0 saturated heterocycles. The van der Waals surface area contributed by atoms with Crippen molar-refractivity contribution in [3.63, 3.8) is 0 Å². The van der Waals surface area contributed by atoms with E-state index in [0.717, 1.165) is 16.3 Å². The molecule has 0 saturated carbocycles. The van der Waals surface area contributed by atoms with Crippen molar-refractivity contribution >= 4 is 43.5 Å². The number of pyridine rings is 1. The number of aromatic nitrogens is 1. The number of hydrogen-bond donors (Lipinski definition) is 2. The quantitative estimate of drug-likeness (QED) is 0.512. The van der Waals surface area contributed by atoms with Gasteiger partial charge in [-0.3, -0.25) is 0 Å². The van der Waals surface area contributed by atoms with Crippen molar-refractivity contribution in [2.45, 2.75) is 11.8 Å². The summed E-state index contributed by atoms with van der Waals surface area (Å²) in [6.45, 7) is 1.86. The molecule has 0 bridgehead atoms. The van der Waals surface area contributed by atoms with Gasteiger partial charge < -0.3 is 5.32 Å². The average Bonchev–Trinajstić information content (AvgIpc) is 2.67. The Hall–Kier alpha value is -3.45. The Morgan fingerprint density at radius 1 is 0.821 bits per heavy atom. The SMILES string of the molecule is Cc1ccc(S(=O)(=O)NC(=O)Nc2c3ccccc3nc3ccccc23)cc1. The van der Waals surface area contributed by atoms with E-state index >= 15 is 0 Å². The van der Waals surface area contributed by atoms with Crippen LogP contribution in [0, 0.1) is 6.92 Å². The Labute approximate surface area is 162 Å². The Morgan fingerprint density at radius 2 is 1.36 bits per heavy atom. The first-order valence-corrected chi connectivity index (χ1v) is 10.1. The van der Waals surface area contributed by atoms with Crippen molar-refractivity contribution in [3.05, 3.63) is 78.4 Å². The maximum absolute atomic E-state index is 12.5. The van der Waals surface area contributed by atoms with E-state index in [2.05, 4.69) is 15.0 Å². The van der Waals surface area contributed by atoms with Gasteiger partial charge in [0, 0.05) is 10.8 Å². The molecule has 0 unspecified atom stereocenters. The molecule has 7 heteroatoms. The first kappa shape index (κ1) is 17.9. The summed E-state index contributed by atoms with van der Waals surface area (Å²) in [6.07, 6.45) is 0. The second-order valence-corrected chi connectivity index (χ2v) is 8.08. The molecule has 0 aliphatic heterocycles. The summed E-state index contributed by atoms with van der Waals surface area (Å²) in [7, 11) is -3.98. The van der Waals surface area contributed by atoms with E-state index in [1.54, 1.807) is 12.1 Å². The second-order valence-electron chi connectivity index (χ2n) is 6.39. The second kappa shape index (κ2) is 6.94. The fraction of sp³-hybridized carbons (Fsp3) is 0.0476. The minimum absolute atomic E-state index is 0.0256. The van der Waals surface area contributed by atoms with E-state index < -0.39 is 16.1 Å². The number of rotatable bonds is 3. The zero-order valence-corrected chi connectivity index (χ0v) is 15.8. The maximum Gasteiger partial charge on any atom is 0.333 e. The van der Waals surface area contributed by atoms with Crippen molar-refractivity contribution in [2.24, 2.45) is 0 Å². The van der Waals surface area contributed by atoms with E-state index in [4.69, 9.17) is 0 Å². The molecule has 28 heavy (non-hydrogen) atoms. The number of carbonyl (C=O) groups is 1. The van der Waals surface area contributed by atoms with Crippen LogP contribution in [0.5, 0.6) is 0 Å². The number of aryl methyl sites for hydroxylation is 1. The summed E-state index contributed by atoms with van der Waals surface area (Å²) in [5, 5.41) is 4.15. The average molecular weight is 391 g/mol.